The average Bonchev–Trinajstić information content (AvgIpc) is 2.08. The van der Waals surface area contributed by atoms with E-state index in [9.17, 15) is 13.2 Å². The summed E-state index contributed by atoms with van der Waals surface area (Å²) in [6.07, 6.45) is -2.95. The maximum Gasteiger partial charge on any atom is 0.283 e. The molecule has 0 amide bonds. The van der Waals surface area contributed by atoms with Crippen LogP contribution in [0.1, 0.15) is 23.4 Å². The van der Waals surface area contributed by atoms with Crippen molar-refractivity contribution in [3.05, 3.63) is 28.8 Å². The van der Waals surface area contributed by atoms with E-state index in [-0.39, 0.29) is 11.3 Å². The van der Waals surface area contributed by atoms with Gasteiger partial charge in [-0.05, 0) is 13.0 Å². The predicted octanol–water partition coefficient (Wildman–Crippen LogP) is 1.96. The molecule has 13 heavy (non-hydrogen) atoms. The fourth-order valence-corrected chi connectivity index (χ4v) is 1.01. The molecule has 1 aromatic rings. The van der Waals surface area contributed by atoms with E-state index >= 15 is 0 Å². The number of aliphatic hydroxyl groups excluding tert-OH is 1. The van der Waals surface area contributed by atoms with Gasteiger partial charge in [-0.1, -0.05) is 0 Å². The van der Waals surface area contributed by atoms with Crippen molar-refractivity contribution in [3.8, 4) is 0 Å². The number of pyridine rings is 1. The predicted molar refractivity (Wildman–Crippen MR) is 39.8 cm³/mol. The lowest BCUT2D eigenvalue weighted by Gasteiger charge is -2.06. The number of alkyl halides is 2. The molecular formula is C8H8F3NO. The number of hydrogen-bond donors (Lipinski definition) is 1. The van der Waals surface area contributed by atoms with E-state index in [2.05, 4.69) is 4.98 Å². The first-order chi connectivity index (χ1) is 6.06. The van der Waals surface area contributed by atoms with Gasteiger partial charge >= 0.3 is 0 Å². The average molecular weight is 191 g/mol. The van der Waals surface area contributed by atoms with Crippen molar-refractivity contribution in [2.75, 3.05) is 0 Å². The van der Waals surface area contributed by atoms with E-state index in [1.807, 2.05) is 0 Å². The summed E-state index contributed by atoms with van der Waals surface area (Å²) in [6.45, 7) is 0.861. The number of hydrogen-bond acceptors (Lipinski definition) is 2. The number of halogens is 3. The minimum absolute atomic E-state index is 0.150. The largest absolute Gasteiger partial charge is 0.392 e. The fraction of sp³-hybridized carbons (Fsp3) is 0.375. The summed E-state index contributed by atoms with van der Waals surface area (Å²) < 4.78 is 37.3. The Morgan fingerprint density at radius 3 is 2.62 bits per heavy atom. The van der Waals surface area contributed by atoms with Crippen LogP contribution in [0, 0.1) is 12.7 Å². The highest BCUT2D eigenvalue weighted by atomic mass is 19.3. The minimum Gasteiger partial charge on any atom is -0.392 e. The first-order valence-electron chi connectivity index (χ1n) is 3.61. The molecule has 0 aliphatic rings. The van der Waals surface area contributed by atoms with Gasteiger partial charge in [0.15, 0.2) is 5.82 Å². The molecule has 0 fully saturated rings. The minimum atomic E-state index is -2.95. The Morgan fingerprint density at radius 1 is 1.54 bits per heavy atom. The Balaban J connectivity index is 3.27. The number of aryl methyl sites for hydroxylation is 1. The molecular weight excluding hydrogens is 183 g/mol. The molecule has 2 nitrogen and oxygen atoms in total. The Morgan fingerprint density at radius 2 is 2.15 bits per heavy atom. The second-order valence-electron chi connectivity index (χ2n) is 2.58. The van der Waals surface area contributed by atoms with Crippen LogP contribution in [0.15, 0.2) is 6.07 Å². The van der Waals surface area contributed by atoms with Crippen molar-refractivity contribution in [1.29, 1.82) is 0 Å². The van der Waals surface area contributed by atoms with Gasteiger partial charge in [0.25, 0.3) is 6.43 Å². The molecule has 0 aromatic carbocycles. The normalized spacial score (nSPS) is 10.9. The number of rotatable bonds is 2. The molecule has 0 aliphatic heterocycles. The molecule has 5 heteroatoms. The van der Waals surface area contributed by atoms with Gasteiger partial charge in [0.2, 0.25) is 0 Å². The van der Waals surface area contributed by atoms with Gasteiger partial charge in [-0.15, -0.1) is 0 Å². The number of aromatic nitrogens is 1. The summed E-state index contributed by atoms with van der Waals surface area (Å²) in [5.74, 6) is -1.12. The first-order valence-corrected chi connectivity index (χ1v) is 3.61. The first kappa shape index (κ1) is 9.98. The van der Waals surface area contributed by atoms with E-state index in [0.717, 1.165) is 0 Å². The lowest BCUT2D eigenvalue weighted by molar-refractivity contribution is 0.139. The molecule has 1 rings (SSSR count). The molecule has 1 aromatic heterocycles. The third kappa shape index (κ3) is 1.98. The van der Waals surface area contributed by atoms with Crippen LogP contribution in [-0.4, -0.2) is 10.1 Å². The monoisotopic (exact) mass is 191 g/mol. The highest BCUT2D eigenvalue weighted by Crippen LogP contribution is 2.22. The molecule has 0 radical (unpaired) electrons. The van der Waals surface area contributed by atoms with Crippen LogP contribution >= 0.6 is 0 Å². The van der Waals surface area contributed by atoms with Crippen LogP contribution in [0.4, 0.5) is 13.2 Å². The zero-order valence-electron chi connectivity index (χ0n) is 6.89. The molecule has 0 saturated carbocycles. The lowest BCUT2D eigenvalue weighted by Crippen LogP contribution is -2.02. The Kier molecular flexibility index (Phi) is 2.87. The molecule has 0 bridgehead atoms. The molecule has 0 unspecified atom stereocenters. The van der Waals surface area contributed by atoms with E-state index in [1.54, 1.807) is 0 Å². The van der Waals surface area contributed by atoms with Crippen LogP contribution in [-0.2, 0) is 6.61 Å². The second-order valence-corrected chi connectivity index (χ2v) is 2.58. The van der Waals surface area contributed by atoms with Gasteiger partial charge in [-0.2, -0.15) is 0 Å². The van der Waals surface area contributed by atoms with E-state index in [1.165, 1.54) is 13.0 Å². The quantitative estimate of drug-likeness (QED) is 0.775. The van der Waals surface area contributed by atoms with Crippen molar-refractivity contribution in [2.24, 2.45) is 0 Å². The van der Waals surface area contributed by atoms with Crippen molar-refractivity contribution in [3.63, 3.8) is 0 Å². The zero-order valence-corrected chi connectivity index (χ0v) is 6.89. The van der Waals surface area contributed by atoms with Crippen LogP contribution in [0.3, 0.4) is 0 Å². The number of aliphatic hydroxyl groups is 1. The standard InChI is InChI=1S/C8H8F3NO/c1-4-2-5(3-13)6(9)7(12-4)8(10)11/h2,8,13H,3H2,1H3. The van der Waals surface area contributed by atoms with Crippen LogP contribution in [0.2, 0.25) is 0 Å². The SMILES string of the molecule is Cc1cc(CO)c(F)c(C(F)F)n1. The van der Waals surface area contributed by atoms with Gasteiger partial charge in [0, 0.05) is 11.3 Å². The van der Waals surface area contributed by atoms with Crippen molar-refractivity contribution in [1.82, 2.24) is 4.98 Å². The van der Waals surface area contributed by atoms with Crippen molar-refractivity contribution in [2.45, 2.75) is 20.0 Å². The van der Waals surface area contributed by atoms with Crippen LogP contribution < -0.4 is 0 Å². The third-order valence-electron chi connectivity index (χ3n) is 1.56. The topological polar surface area (TPSA) is 33.1 Å². The Hall–Kier alpha value is -1.10. The molecule has 0 aliphatic carbocycles. The molecule has 0 saturated heterocycles. The van der Waals surface area contributed by atoms with Gasteiger partial charge in [0.1, 0.15) is 5.69 Å². The van der Waals surface area contributed by atoms with Gasteiger partial charge in [-0.25, -0.2) is 18.2 Å². The Labute approximate surface area is 73.0 Å². The van der Waals surface area contributed by atoms with Crippen LogP contribution in [0.5, 0.6) is 0 Å². The van der Waals surface area contributed by atoms with E-state index in [0.29, 0.717) is 0 Å². The van der Waals surface area contributed by atoms with E-state index < -0.39 is 24.5 Å². The molecule has 1 N–H and O–H groups in total. The maximum absolute atomic E-state index is 13.0. The third-order valence-corrected chi connectivity index (χ3v) is 1.56. The lowest BCUT2D eigenvalue weighted by atomic mass is 10.2. The highest BCUT2D eigenvalue weighted by Gasteiger charge is 2.18. The van der Waals surface area contributed by atoms with Crippen molar-refractivity contribution < 1.29 is 18.3 Å². The van der Waals surface area contributed by atoms with Gasteiger partial charge in [-0.3, -0.25) is 0 Å². The van der Waals surface area contributed by atoms with Gasteiger partial charge < -0.3 is 5.11 Å². The molecule has 1 heterocycles. The van der Waals surface area contributed by atoms with E-state index in [4.69, 9.17) is 5.11 Å². The summed E-state index contributed by atoms with van der Waals surface area (Å²) in [5.41, 5.74) is -0.785. The smallest absolute Gasteiger partial charge is 0.283 e. The summed E-state index contributed by atoms with van der Waals surface area (Å²) in [6, 6.07) is 1.24. The second kappa shape index (κ2) is 3.74. The summed E-state index contributed by atoms with van der Waals surface area (Å²) >= 11 is 0. The fourth-order valence-electron chi connectivity index (χ4n) is 1.01. The maximum atomic E-state index is 13.0. The number of nitrogens with zero attached hydrogens (tertiary/aromatic N) is 1. The van der Waals surface area contributed by atoms with Gasteiger partial charge in [0.05, 0.1) is 6.61 Å². The summed E-state index contributed by atoms with van der Waals surface area (Å²) in [5, 5.41) is 8.64. The highest BCUT2D eigenvalue weighted by molar-refractivity contribution is 5.23. The summed E-state index contributed by atoms with van der Waals surface area (Å²) in [4.78, 5) is 3.34. The Bertz CT molecular complexity index is 315. The van der Waals surface area contributed by atoms with Crippen molar-refractivity contribution >= 4 is 0 Å². The zero-order chi connectivity index (χ0) is 10.0. The van der Waals surface area contributed by atoms with Crippen LogP contribution in [0.25, 0.3) is 0 Å². The molecule has 0 atom stereocenters. The summed E-state index contributed by atoms with van der Waals surface area (Å²) in [7, 11) is 0. The molecule has 0 spiro atoms. The molecule has 72 valence electrons.